The van der Waals surface area contributed by atoms with Crippen LogP contribution in [0.1, 0.15) is 11.3 Å². The molecule has 0 aliphatic rings. The number of oxazole rings is 1. The zero-order chi connectivity index (χ0) is 15.9. The number of hydrogen-bond donors (Lipinski definition) is 1. The van der Waals surface area contributed by atoms with Crippen LogP contribution >= 0.6 is 0 Å². The van der Waals surface area contributed by atoms with E-state index in [4.69, 9.17) is 14.4 Å². The summed E-state index contributed by atoms with van der Waals surface area (Å²) in [5.74, 6) is 1.68. The Kier molecular flexibility index (Phi) is 4.31. The molecule has 6 nitrogen and oxygen atoms in total. The van der Waals surface area contributed by atoms with Gasteiger partial charge in [-0.05, 0) is 29.8 Å². The predicted octanol–water partition coefficient (Wildman–Crippen LogP) is 3.78. The molecular weight excluding hydrogens is 292 g/mol. The Labute approximate surface area is 132 Å². The highest BCUT2D eigenvalue weighted by atomic mass is 16.5. The van der Waals surface area contributed by atoms with Crippen LogP contribution in [0.15, 0.2) is 70.5 Å². The number of nitrogens with one attached hydrogen (secondary N) is 1. The van der Waals surface area contributed by atoms with Crippen LogP contribution in [0.25, 0.3) is 0 Å². The first kappa shape index (κ1) is 14.4. The highest BCUT2D eigenvalue weighted by Gasteiger charge is 2.04. The van der Waals surface area contributed by atoms with E-state index >= 15 is 0 Å². The average Bonchev–Trinajstić information content (AvgIpc) is 3.04. The summed E-state index contributed by atoms with van der Waals surface area (Å²) in [6.45, 7) is 0. The van der Waals surface area contributed by atoms with Gasteiger partial charge in [0.05, 0.1) is 6.21 Å². The number of anilines is 1. The Morgan fingerprint density at radius 2 is 1.96 bits per heavy atom. The number of rotatable bonds is 5. The van der Waals surface area contributed by atoms with Crippen molar-refractivity contribution in [3.63, 3.8) is 0 Å². The zero-order valence-electron chi connectivity index (χ0n) is 12.0. The molecule has 112 valence electrons. The van der Waals surface area contributed by atoms with Crippen molar-refractivity contribution in [3.8, 4) is 17.6 Å². The van der Waals surface area contributed by atoms with Crippen molar-refractivity contribution in [2.24, 2.45) is 5.10 Å². The van der Waals surface area contributed by atoms with Gasteiger partial charge in [0.2, 0.25) is 5.69 Å². The summed E-state index contributed by atoms with van der Waals surface area (Å²) in [5.41, 5.74) is 3.63. The SMILES string of the molecule is N#Cc1ncoc1N/N=C/c1cccc(Oc2ccccc2)c1. The third-order valence-corrected chi connectivity index (χ3v) is 2.89. The standard InChI is InChI=1S/C17H12N4O2/c18-10-16-17(22-12-19-16)21-20-11-13-5-4-8-15(9-13)23-14-6-2-1-3-7-14/h1-9,11-12,21H/b20-11+. The Bertz CT molecular complexity index is 850. The molecule has 1 N–H and O–H groups in total. The van der Waals surface area contributed by atoms with Gasteiger partial charge in [-0.3, -0.25) is 0 Å². The van der Waals surface area contributed by atoms with E-state index < -0.39 is 0 Å². The topological polar surface area (TPSA) is 83.4 Å². The van der Waals surface area contributed by atoms with Crippen LogP contribution in [0.2, 0.25) is 0 Å². The zero-order valence-corrected chi connectivity index (χ0v) is 12.0. The maximum Gasteiger partial charge on any atom is 0.251 e. The second kappa shape index (κ2) is 6.91. The Balaban J connectivity index is 1.68. The van der Waals surface area contributed by atoms with Crippen LogP contribution in [0.5, 0.6) is 11.5 Å². The fourth-order valence-electron chi connectivity index (χ4n) is 1.85. The van der Waals surface area contributed by atoms with Crippen molar-refractivity contribution in [2.45, 2.75) is 0 Å². The second-order valence-electron chi connectivity index (χ2n) is 4.50. The molecule has 0 saturated heterocycles. The molecule has 0 spiro atoms. The third kappa shape index (κ3) is 3.74. The van der Waals surface area contributed by atoms with Gasteiger partial charge in [-0.15, -0.1) is 0 Å². The van der Waals surface area contributed by atoms with Gasteiger partial charge in [0.1, 0.15) is 17.6 Å². The van der Waals surface area contributed by atoms with Gasteiger partial charge in [-0.1, -0.05) is 30.3 Å². The van der Waals surface area contributed by atoms with Crippen LogP contribution in [-0.4, -0.2) is 11.2 Å². The lowest BCUT2D eigenvalue weighted by Gasteiger charge is -2.05. The molecule has 3 rings (SSSR count). The van der Waals surface area contributed by atoms with Crippen molar-refractivity contribution in [3.05, 3.63) is 72.2 Å². The highest BCUT2D eigenvalue weighted by molar-refractivity contribution is 5.80. The fraction of sp³-hybridized carbons (Fsp3) is 0. The number of hydrazone groups is 1. The summed E-state index contributed by atoms with van der Waals surface area (Å²) in [5, 5.41) is 12.8. The van der Waals surface area contributed by atoms with Crippen molar-refractivity contribution in [1.82, 2.24) is 4.98 Å². The smallest absolute Gasteiger partial charge is 0.251 e. The minimum atomic E-state index is 0.156. The number of hydrogen-bond acceptors (Lipinski definition) is 6. The molecule has 0 saturated carbocycles. The van der Waals surface area contributed by atoms with E-state index in [-0.39, 0.29) is 11.6 Å². The maximum atomic E-state index is 8.82. The Morgan fingerprint density at radius 3 is 2.78 bits per heavy atom. The van der Waals surface area contributed by atoms with Gasteiger partial charge in [-0.2, -0.15) is 10.4 Å². The van der Waals surface area contributed by atoms with Gasteiger partial charge in [0, 0.05) is 0 Å². The number of para-hydroxylation sites is 1. The average molecular weight is 304 g/mol. The Hall–Kier alpha value is -3.59. The van der Waals surface area contributed by atoms with E-state index in [1.54, 1.807) is 6.21 Å². The van der Waals surface area contributed by atoms with Crippen molar-refractivity contribution in [2.75, 3.05) is 5.43 Å². The van der Waals surface area contributed by atoms with Crippen LogP contribution in [0, 0.1) is 11.3 Å². The molecule has 1 aromatic heterocycles. The first-order chi connectivity index (χ1) is 11.3. The van der Waals surface area contributed by atoms with E-state index in [0.717, 1.165) is 11.3 Å². The third-order valence-electron chi connectivity index (χ3n) is 2.89. The van der Waals surface area contributed by atoms with Crippen molar-refractivity contribution in [1.29, 1.82) is 5.26 Å². The minimum Gasteiger partial charge on any atom is -0.457 e. The summed E-state index contributed by atoms with van der Waals surface area (Å²) in [7, 11) is 0. The quantitative estimate of drug-likeness (QED) is 0.573. The summed E-state index contributed by atoms with van der Waals surface area (Å²) in [6, 6.07) is 18.9. The summed E-state index contributed by atoms with van der Waals surface area (Å²) in [6.07, 6.45) is 2.78. The monoisotopic (exact) mass is 304 g/mol. The predicted molar refractivity (Wildman–Crippen MR) is 85.4 cm³/mol. The molecule has 0 aliphatic carbocycles. The molecular formula is C17H12N4O2. The van der Waals surface area contributed by atoms with Crippen LogP contribution in [-0.2, 0) is 0 Å². The van der Waals surface area contributed by atoms with Gasteiger partial charge in [0.15, 0.2) is 6.39 Å². The number of ether oxygens (including phenoxy) is 1. The minimum absolute atomic E-state index is 0.156. The summed E-state index contributed by atoms with van der Waals surface area (Å²) in [4.78, 5) is 3.74. The largest absolute Gasteiger partial charge is 0.457 e. The van der Waals surface area contributed by atoms with E-state index in [1.165, 1.54) is 6.39 Å². The number of nitrogens with zero attached hydrogens (tertiary/aromatic N) is 3. The maximum absolute atomic E-state index is 8.82. The van der Waals surface area contributed by atoms with Gasteiger partial charge in [0.25, 0.3) is 5.88 Å². The molecule has 0 atom stereocenters. The second-order valence-corrected chi connectivity index (χ2v) is 4.50. The summed E-state index contributed by atoms with van der Waals surface area (Å²) >= 11 is 0. The molecule has 0 amide bonds. The number of nitriles is 1. The first-order valence-electron chi connectivity index (χ1n) is 6.81. The summed E-state index contributed by atoms with van der Waals surface area (Å²) < 4.78 is 10.8. The van der Waals surface area contributed by atoms with Crippen LogP contribution < -0.4 is 10.2 Å². The fourth-order valence-corrected chi connectivity index (χ4v) is 1.85. The molecule has 0 fully saturated rings. The normalized spacial score (nSPS) is 10.4. The van der Waals surface area contributed by atoms with E-state index in [9.17, 15) is 0 Å². The molecule has 0 unspecified atom stereocenters. The lowest BCUT2D eigenvalue weighted by molar-refractivity contribution is 0.482. The van der Waals surface area contributed by atoms with Gasteiger partial charge < -0.3 is 9.15 Å². The highest BCUT2D eigenvalue weighted by Crippen LogP contribution is 2.21. The number of aromatic nitrogens is 1. The van der Waals surface area contributed by atoms with E-state index in [2.05, 4.69) is 15.5 Å². The van der Waals surface area contributed by atoms with Crippen molar-refractivity contribution >= 4 is 12.1 Å². The molecule has 2 aromatic carbocycles. The lowest BCUT2D eigenvalue weighted by atomic mass is 10.2. The van der Waals surface area contributed by atoms with Crippen LogP contribution in [0.3, 0.4) is 0 Å². The molecule has 6 heteroatoms. The molecule has 0 bridgehead atoms. The lowest BCUT2D eigenvalue weighted by Crippen LogP contribution is -1.92. The molecule has 1 heterocycles. The first-order valence-corrected chi connectivity index (χ1v) is 6.81. The molecule has 0 radical (unpaired) electrons. The van der Waals surface area contributed by atoms with Gasteiger partial charge >= 0.3 is 0 Å². The molecule has 23 heavy (non-hydrogen) atoms. The Morgan fingerprint density at radius 1 is 1.13 bits per heavy atom. The van der Waals surface area contributed by atoms with Crippen molar-refractivity contribution < 1.29 is 9.15 Å². The van der Waals surface area contributed by atoms with Crippen LogP contribution in [0.4, 0.5) is 5.88 Å². The number of benzene rings is 2. The molecule has 3 aromatic rings. The van der Waals surface area contributed by atoms with Gasteiger partial charge in [-0.25, -0.2) is 10.4 Å². The van der Waals surface area contributed by atoms with E-state index in [1.807, 2.05) is 60.7 Å². The van der Waals surface area contributed by atoms with E-state index in [0.29, 0.717) is 5.75 Å². The molecule has 0 aliphatic heterocycles.